The molecule has 1 aromatic heterocycles. The number of aromatic amines is 1. The van der Waals surface area contributed by atoms with E-state index in [4.69, 9.17) is 0 Å². The van der Waals surface area contributed by atoms with Gasteiger partial charge in [0.25, 0.3) is 0 Å². The number of nitrogens with one attached hydrogen (secondary N) is 1. The third-order valence-electron chi connectivity index (χ3n) is 0.815. The number of nitrogens with zero attached hydrogens (tertiary/aromatic N) is 4. The fourth-order valence-electron chi connectivity index (χ4n) is 0.441. The van der Waals surface area contributed by atoms with E-state index in [1.165, 1.54) is 0 Å². The molecular formula is C5H9N5. The second kappa shape index (κ2) is 2.95. The molecule has 1 heterocycles. The lowest BCUT2D eigenvalue weighted by molar-refractivity contribution is 0.408. The monoisotopic (exact) mass is 139 g/mol. The fourth-order valence-corrected chi connectivity index (χ4v) is 0.441. The Balaban J connectivity index is 2.55. The van der Waals surface area contributed by atoms with Crippen molar-refractivity contribution in [3.05, 3.63) is 12.5 Å². The minimum Gasteiger partial charge on any atom is -0.328 e. The van der Waals surface area contributed by atoms with Crippen LogP contribution in [0.5, 0.6) is 0 Å². The molecule has 0 spiro atoms. The second-order valence-corrected chi connectivity index (χ2v) is 1.97. The average molecular weight is 139 g/mol. The van der Waals surface area contributed by atoms with E-state index in [1.807, 2.05) is 0 Å². The number of aromatic nitrogens is 2. The van der Waals surface area contributed by atoms with Crippen molar-refractivity contribution in [1.29, 1.82) is 0 Å². The first-order valence-electron chi connectivity index (χ1n) is 2.86. The molecule has 1 aromatic rings. The number of hydrogen-bond acceptors (Lipinski definition) is 3. The summed E-state index contributed by atoms with van der Waals surface area (Å²) in [5.74, 6) is 0.661. The van der Waals surface area contributed by atoms with Gasteiger partial charge >= 0.3 is 0 Å². The summed E-state index contributed by atoms with van der Waals surface area (Å²) in [4.78, 5) is 6.57. The van der Waals surface area contributed by atoms with Crippen LogP contribution >= 0.6 is 0 Å². The lowest BCUT2D eigenvalue weighted by Crippen LogP contribution is -1.98. The van der Waals surface area contributed by atoms with Crippen LogP contribution in [0.15, 0.2) is 22.9 Å². The zero-order valence-corrected chi connectivity index (χ0v) is 5.94. The zero-order chi connectivity index (χ0) is 7.40. The van der Waals surface area contributed by atoms with E-state index in [2.05, 4.69) is 20.3 Å². The maximum Gasteiger partial charge on any atom is 0.173 e. The lowest BCUT2D eigenvalue weighted by Gasteiger charge is -1.97. The first-order chi connectivity index (χ1) is 4.79. The van der Waals surface area contributed by atoms with Crippen LogP contribution in [0.25, 0.3) is 0 Å². The van der Waals surface area contributed by atoms with Crippen molar-refractivity contribution < 1.29 is 0 Å². The number of imidazole rings is 1. The zero-order valence-electron chi connectivity index (χ0n) is 5.94. The number of H-pyrrole nitrogens is 1. The Bertz CT molecular complexity index is 200. The minimum atomic E-state index is 0.661. The van der Waals surface area contributed by atoms with Crippen molar-refractivity contribution >= 4 is 5.82 Å². The van der Waals surface area contributed by atoms with Crippen LogP contribution in [-0.2, 0) is 0 Å². The highest BCUT2D eigenvalue weighted by atomic mass is 15.5. The largest absolute Gasteiger partial charge is 0.328 e. The van der Waals surface area contributed by atoms with E-state index in [0.717, 1.165) is 0 Å². The van der Waals surface area contributed by atoms with Gasteiger partial charge in [-0.1, -0.05) is 5.22 Å². The van der Waals surface area contributed by atoms with Gasteiger partial charge in [-0.15, -0.1) is 5.11 Å². The molecule has 0 aliphatic carbocycles. The van der Waals surface area contributed by atoms with Crippen LogP contribution in [0.4, 0.5) is 5.82 Å². The van der Waals surface area contributed by atoms with Gasteiger partial charge in [0.05, 0.1) is 12.5 Å². The molecule has 0 fully saturated rings. The average Bonchev–Trinajstić information content (AvgIpc) is 2.34. The van der Waals surface area contributed by atoms with E-state index in [-0.39, 0.29) is 0 Å². The second-order valence-electron chi connectivity index (χ2n) is 1.97. The molecule has 0 aromatic carbocycles. The molecule has 0 unspecified atom stereocenters. The lowest BCUT2D eigenvalue weighted by atomic mass is 10.8. The molecule has 0 saturated heterocycles. The molecule has 0 amide bonds. The first-order valence-corrected chi connectivity index (χ1v) is 2.86. The molecule has 0 bridgehead atoms. The molecule has 10 heavy (non-hydrogen) atoms. The van der Waals surface area contributed by atoms with Crippen molar-refractivity contribution in [2.45, 2.75) is 0 Å². The maximum atomic E-state index is 3.80. The third kappa shape index (κ3) is 1.85. The smallest absolute Gasteiger partial charge is 0.173 e. The highest BCUT2D eigenvalue weighted by Crippen LogP contribution is 2.03. The standard InChI is InChI=1S/C5H9N5/c1-10(2)9-8-5-3-6-4-7-5/h3-4H,1-2H3,(H,6,7). The SMILES string of the molecule is CN(C)N=Nc1cnc[nH]1. The van der Waals surface area contributed by atoms with E-state index >= 15 is 0 Å². The molecule has 5 nitrogen and oxygen atoms in total. The molecule has 1 N–H and O–H groups in total. The molecule has 1 rings (SSSR count). The fraction of sp³-hybridized carbons (Fsp3) is 0.400. The highest BCUT2D eigenvalue weighted by Gasteiger charge is 1.86. The van der Waals surface area contributed by atoms with Crippen molar-refractivity contribution in [2.75, 3.05) is 14.1 Å². The van der Waals surface area contributed by atoms with Crippen molar-refractivity contribution in [1.82, 2.24) is 15.0 Å². The summed E-state index contributed by atoms with van der Waals surface area (Å²) < 4.78 is 0. The molecule has 0 aliphatic rings. The Morgan fingerprint density at radius 3 is 2.90 bits per heavy atom. The quantitative estimate of drug-likeness (QED) is 0.490. The molecule has 0 radical (unpaired) electrons. The molecule has 0 saturated carbocycles. The summed E-state index contributed by atoms with van der Waals surface area (Å²) >= 11 is 0. The normalized spacial score (nSPS) is 10.6. The van der Waals surface area contributed by atoms with Crippen LogP contribution in [0.3, 0.4) is 0 Å². The topological polar surface area (TPSA) is 56.6 Å². The minimum absolute atomic E-state index is 0.661. The van der Waals surface area contributed by atoms with Crippen LogP contribution < -0.4 is 0 Å². The van der Waals surface area contributed by atoms with E-state index < -0.39 is 0 Å². The summed E-state index contributed by atoms with van der Waals surface area (Å²) in [5.41, 5.74) is 0. The third-order valence-corrected chi connectivity index (χ3v) is 0.815. The van der Waals surface area contributed by atoms with Gasteiger partial charge in [0, 0.05) is 14.1 Å². The van der Waals surface area contributed by atoms with E-state index in [9.17, 15) is 0 Å². The Morgan fingerprint density at radius 2 is 2.40 bits per heavy atom. The van der Waals surface area contributed by atoms with Gasteiger partial charge in [-0.2, -0.15) is 0 Å². The highest BCUT2D eigenvalue weighted by molar-refractivity contribution is 5.18. The van der Waals surface area contributed by atoms with Crippen LogP contribution in [0.1, 0.15) is 0 Å². The Morgan fingerprint density at radius 1 is 1.60 bits per heavy atom. The van der Waals surface area contributed by atoms with Gasteiger partial charge in [0.2, 0.25) is 0 Å². The first kappa shape index (κ1) is 6.73. The molecule has 54 valence electrons. The van der Waals surface area contributed by atoms with Crippen LogP contribution in [0, 0.1) is 0 Å². The predicted molar refractivity (Wildman–Crippen MR) is 36.8 cm³/mol. The Labute approximate surface area is 58.8 Å². The number of hydrogen-bond donors (Lipinski definition) is 1. The Hall–Kier alpha value is -1.39. The van der Waals surface area contributed by atoms with Gasteiger partial charge < -0.3 is 4.98 Å². The van der Waals surface area contributed by atoms with Crippen LogP contribution in [-0.4, -0.2) is 29.1 Å². The van der Waals surface area contributed by atoms with Gasteiger partial charge in [0.15, 0.2) is 5.82 Å². The summed E-state index contributed by atoms with van der Waals surface area (Å²) in [6.07, 6.45) is 3.16. The van der Waals surface area contributed by atoms with Gasteiger partial charge in [-0.3, -0.25) is 5.01 Å². The summed E-state index contributed by atoms with van der Waals surface area (Å²) in [6.45, 7) is 0. The van der Waals surface area contributed by atoms with Gasteiger partial charge in [0.1, 0.15) is 0 Å². The van der Waals surface area contributed by atoms with Crippen molar-refractivity contribution in [2.24, 2.45) is 10.3 Å². The number of rotatable bonds is 2. The van der Waals surface area contributed by atoms with E-state index in [0.29, 0.717) is 5.82 Å². The van der Waals surface area contributed by atoms with Crippen molar-refractivity contribution in [3.63, 3.8) is 0 Å². The van der Waals surface area contributed by atoms with Crippen LogP contribution in [0.2, 0.25) is 0 Å². The summed E-state index contributed by atoms with van der Waals surface area (Å²) in [6, 6.07) is 0. The summed E-state index contributed by atoms with van der Waals surface area (Å²) in [5, 5.41) is 9.16. The predicted octanol–water partition coefficient (Wildman–Crippen LogP) is 0.970. The maximum absolute atomic E-state index is 3.80. The molecule has 0 aliphatic heterocycles. The summed E-state index contributed by atoms with van der Waals surface area (Å²) in [7, 11) is 3.61. The van der Waals surface area contributed by atoms with E-state index in [1.54, 1.807) is 31.6 Å². The van der Waals surface area contributed by atoms with Crippen molar-refractivity contribution in [3.8, 4) is 0 Å². The molecule has 5 heteroatoms. The van der Waals surface area contributed by atoms with Gasteiger partial charge in [-0.25, -0.2) is 4.98 Å². The Kier molecular flexibility index (Phi) is 1.99. The molecule has 0 atom stereocenters. The molecular weight excluding hydrogens is 130 g/mol. The van der Waals surface area contributed by atoms with Gasteiger partial charge in [-0.05, 0) is 0 Å².